The van der Waals surface area contributed by atoms with Crippen LogP contribution in [0.3, 0.4) is 0 Å². The number of nitrogens with zero attached hydrogens (tertiary/aromatic N) is 1. The molecule has 1 aromatic carbocycles. The van der Waals surface area contributed by atoms with Crippen LogP contribution in [0.1, 0.15) is 24.4 Å². The Morgan fingerprint density at radius 3 is 2.10 bits per heavy atom. The van der Waals surface area contributed by atoms with E-state index in [4.69, 9.17) is 9.47 Å². The molecule has 0 aromatic heterocycles. The van der Waals surface area contributed by atoms with Crippen LogP contribution in [0, 0.1) is 0 Å². The second-order valence-electron chi connectivity index (χ2n) is 5.50. The van der Waals surface area contributed by atoms with Gasteiger partial charge >= 0.3 is 6.18 Å². The molecule has 21 heavy (non-hydrogen) atoms. The number of rotatable bonds is 2. The van der Waals surface area contributed by atoms with Gasteiger partial charge in [0.25, 0.3) is 0 Å². The molecule has 0 saturated carbocycles. The van der Waals surface area contributed by atoms with Crippen LogP contribution in [0.2, 0.25) is 0 Å². The Hall–Kier alpha value is -1.11. The minimum Gasteiger partial charge on any atom is -0.347 e. The molecule has 2 fully saturated rings. The number of piperidine rings is 1. The maximum atomic E-state index is 13.5. The van der Waals surface area contributed by atoms with Crippen molar-refractivity contribution in [3.05, 3.63) is 35.9 Å². The van der Waals surface area contributed by atoms with Crippen LogP contribution in [-0.4, -0.2) is 43.2 Å². The van der Waals surface area contributed by atoms with Gasteiger partial charge in [0.05, 0.1) is 13.2 Å². The topological polar surface area (TPSA) is 21.7 Å². The third-order valence-electron chi connectivity index (χ3n) is 4.16. The summed E-state index contributed by atoms with van der Waals surface area (Å²) in [4.78, 5) is 1.48. The van der Waals surface area contributed by atoms with Gasteiger partial charge in [-0.2, -0.15) is 13.2 Å². The lowest BCUT2D eigenvalue weighted by atomic mass is 9.98. The molecule has 0 aliphatic carbocycles. The van der Waals surface area contributed by atoms with Gasteiger partial charge in [-0.3, -0.25) is 4.90 Å². The number of hydrogen-bond donors (Lipinski definition) is 0. The molecule has 1 atom stereocenters. The summed E-state index contributed by atoms with van der Waals surface area (Å²) in [5, 5.41) is 0. The van der Waals surface area contributed by atoms with E-state index in [9.17, 15) is 13.2 Å². The summed E-state index contributed by atoms with van der Waals surface area (Å²) in [6, 6.07) is 6.52. The third kappa shape index (κ3) is 3.07. The van der Waals surface area contributed by atoms with Crippen LogP contribution in [0.25, 0.3) is 0 Å². The van der Waals surface area contributed by atoms with Crippen LogP contribution < -0.4 is 0 Å². The number of halogens is 3. The number of alkyl halides is 3. The molecule has 0 bridgehead atoms. The summed E-state index contributed by atoms with van der Waals surface area (Å²) < 4.78 is 51.5. The van der Waals surface area contributed by atoms with E-state index in [0.717, 1.165) is 0 Å². The monoisotopic (exact) mass is 301 g/mol. The molecule has 0 N–H and O–H groups in total. The van der Waals surface area contributed by atoms with Gasteiger partial charge < -0.3 is 9.47 Å². The van der Waals surface area contributed by atoms with Crippen molar-refractivity contribution in [2.45, 2.75) is 30.8 Å². The maximum absolute atomic E-state index is 13.5. The molecule has 1 spiro atoms. The standard InChI is InChI=1S/C15H18F3NO2/c16-15(17,18)13(12-4-2-1-3-5-12)19-8-6-14(7-9-19)20-10-11-21-14/h1-5,13H,6-11H2. The summed E-state index contributed by atoms with van der Waals surface area (Å²) in [6.45, 7) is 1.70. The van der Waals surface area contributed by atoms with Crippen molar-refractivity contribution in [3.8, 4) is 0 Å². The van der Waals surface area contributed by atoms with Crippen molar-refractivity contribution in [2.24, 2.45) is 0 Å². The minimum absolute atomic E-state index is 0.286. The Bertz CT molecular complexity index is 462. The first-order valence-electron chi connectivity index (χ1n) is 7.14. The quantitative estimate of drug-likeness (QED) is 0.837. The van der Waals surface area contributed by atoms with Crippen molar-refractivity contribution in [3.63, 3.8) is 0 Å². The molecule has 2 heterocycles. The molecule has 0 radical (unpaired) electrons. The smallest absolute Gasteiger partial charge is 0.347 e. The van der Waals surface area contributed by atoms with Crippen LogP contribution >= 0.6 is 0 Å². The summed E-state index contributed by atoms with van der Waals surface area (Å²) in [5.74, 6) is -0.649. The highest BCUT2D eigenvalue weighted by atomic mass is 19.4. The minimum atomic E-state index is -4.29. The predicted octanol–water partition coefficient (Wildman–Crippen LogP) is 3.13. The van der Waals surface area contributed by atoms with Crippen molar-refractivity contribution < 1.29 is 22.6 Å². The van der Waals surface area contributed by atoms with Crippen LogP contribution in [0.15, 0.2) is 30.3 Å². The molecule has 2 aliphatic heterocycles. The largest absolute Gasteiger partial charge is 0.408 e. The average molecular weight is 301 g/mol. The highest BCUT2D eigenvalue weighted by molar-refractivity contribution is 5.21. The lowest BCUT2D eigenvalue weighted by Crippen LogP contribution is -2.49. The number of benzene rings is 1. The number of hydrogen-bond acceptors (Lipinski definition) is 3. The molecule has 116 valence electrons. The van der Waals surface area contributed by atoms with E-state index in [1.165, 1.54) is 17.0 Å². The summed E-state index contributed by atoms with van der Waals surface area (Å²) >= 11 is 0. The van der Waals surface area contributed by atoms with Crippen molar-refractivity contribution in [2.75, 3.05) is 26.3 Å². The zero-order valence-corrected chi connectivity index (χ0v) is 11.6. The van der Waals surface area contributed by atoms with E-state index < -0.39 is 18.0 Å². The fraction of sp³-hybridized carbons (Fsp3) is 0.600. The normalized spacial score (nSPS) is 24.3. The molecule has 3 rings (SSSR count). The van der Waals surface area contributed by atoms with Crippen LogP contribution in [0.5, 0.6) is 0 Å². The first-order chi connectivity index (χ1) is 10.0. The Morgan fingerprint density at radius 1 is 1.00 bits per heavy atom. The molecule has 1 aromatic rings. The first kappa shape index (κ1) is 14.8. The lowest BCUT2D eigenvalue weighted by molar-refractivity contribution is -0.221. The predicted molar refractivity (Wildman–Crippen MR) is 70.7 cm³/mol. The van der Waals surface area contributed by atoms with Gasteiger partial charge in [0.1, 0.15) is 6.04 Å². The summed E-state index contributed by atoms with van der Waals surface area (Å²) in [6.07, 6.45) is -3.33. The summed E-state index contributed by atoms with van der Waals surface area (Å²) in [5.41, 5.74) is 0.286. The van der Waals surface area contributed by atoms with E-state index in [1.54, 1.807) is 18.2 Å². The zero-order chi connectivity index (χ0) is 14.9. The van der Waals surface area contributed by atoms with E-state index in [2.05, 4.69) is 0 Å². The Balaban J connectivity index is 1.76. The van der Waals surface area contributed by atoms with Crippen molar-refractivity contribution >= 4 is 0 Å². The van der Waals surface area contributed by atoms with Crippen molar-refractivity contribution in [1.29, 1.82) is 0 Å². The van der Waals surface area contributed by atoms with Gasteiger partial charge in [0.2, 0.25) is 0 Å². The van der Waals surface area contributed by atoms with Crippen LogP contribution in [0.4, 0.5) is 13.2 Å². The lowest BCUT2D eigenvalue weighted by Gasteiger charge is -2.41. The summed E-state index contributed by atoms with van der Waals surface area (Å²) in [7, 11) is 0. The highest BCUT2D eigenvalue weighted by Gasteiger charge is 2.48. The molecule has 1 unspecified atom stereocenters. The van der Waals surface area contributed by atoms with E-state index >= 15 is 0 Å². The fourth-order valence-corrected chi connectivity index (χ4v) is 3.15. The van der Waals surface area contributed by atoms with Crippen LogP contribution in [-0.2, 0) is 9.47 Å². The average Bonchev–Trinajstić information content (AvgIpc) is 2.90. The fourth-order valence-electron chi connectivity index (χ4n) is 3.15. The number of likely N-dealkylation sites (tertiary alicyclic amines) is 1. The van der Waals surface area contributed by atoms with E-state index in [1.807, 2.05) is 0 Å². The second kappa shape index (κ2) is 5.59. The van der Waals surface area contributed by atoms with E-state index in [-0.39, 0.29) is 5.56 Å². The zero-order valence-electron chi connectivity index (χ0n) is 11.6. The van der Waals surface area contributed by atoms with Gasteiger partial charge in [0, 0.05) is 25.9 Å². The molecular formula is C15H18F3NO2. The van der Waals surface area contributed by atoms with Gasteiger partial charge in [-0.15, -0.1) is 0 Å². The Kier molecular flexibility index (Phi) is 3.94. The molecule has 3 nitrogen and oxygen atoms in total. The van der Waals surface area contributed by atoms with Gasteiger partial charge in [-0.1, -0.05) is 30.3 Å². The van der Waals surface area contributed by atoms with Crippen molar-refractivity contribution in [1.82, 2.24) is 4.90 Å². The SMILES string of the molecule is FC(F)(F)C(c1ccccc1)N1CCC2(CC1)OCCO2. The molecule has 6 heteroatoms. The second-order valence-corrected chi connectivity index (χ2v) is 5.50. The number of ether oxygens (including phenoxy) is 2. The van der Waals surface area contributed by atoms with Gasteiger partial charge in [-0.25, -0.2) is 0 Å². The molecular weight excluding hydrogens is 283 g/mol. The van der Waals surface area contributed by atoms with Gasteiger partial charge in [0.15, 0.2) is 5.79 Å². The Labute approximate surface area is 121 Å². The van der Waals surface area contributed by atoms with Gasteiger partial charge in [-0.05, 0) is 5.56 Å². The highest BCUT2D eigenvalue weighted by Crippen LogP contribution is 2.41. The molecule has 2 saturated heterocycles. The third-order valence-corrected chi connectivity index (χ3v) is 4.16. The Morgan fingerprint density at radius 2 is 1.57 bits per heavy atom. The maximum Gasteiger partial charge on any atom is 0.408 e. The first-order valence-corrected chi connectivity index (χ1v) is 7.14. The molecule has 0 amide bonds. The molecule has 2 aliphatic rings. The van der Waals surface area contributed by atoms with E-state index in [0.29, 0.717) is 39.1 Å².